The van der Waals surface area contributed by atoms with Crippen LogP contribution in [0.4, 0.5) is 10.1 Å². The van der Waals surface area contributed by atoms with E-state index < -0.39 is 22.6 Å². The van der Waals surface area contributed by atoms with E-state index in [2.05, 4.69) is 21.4 Å². The highest BCUT2D eigenvalue weighted by Crippen LogP contribution is 2.25. The van der Waals surface area contributed by atoms with E-state index in [0.717, 1.165) is 12.1 Å². The highest BCUT2D eigenvalue weighted by molar-refractivity contribution is 9.10. The molecule has 0 heterocycles. The van der Waals surface area contributed by atoms with Gasteiger partial charge in [-0.25, -0.2) is 4.39 Å². The maximum Gasteiger partial charge on any atom is 0.284 e. The van der Waals surface area contributed by atoms with E-state index >= 15 is 0 Å². The highest BCUT2D eigenvalue weighted by atomic mass is 79.9. The number of rotatable bonds is 3. The molecule has 0 bridgehead atoms. The standard InChI is InChI=1S/C14H9BrFN3O4/c15-10-6-5-8(7-12(10)19(22)23)13(20)17-18-14(21)9-3-1-2-4-11(9)16/h1-7H,(H,17,20)(H,18,21). The molecule has 0 unspecified atom stereocenters. The molecule has 2 rings (SSSR count). The molecule has 0 aliphatic rings. The molecule has 2 aromatic carbocycles. The third-order valence-corrected chi connectivity index (χ3v) is 3.48. The molecule has 0 aliphatic heterocycles. The van der Waals surface area contributed by atoms with Gasteiger partial charge in [0.05, 0.1) is 15.0 Å². The fraction of sp³-hybridized carbons (Fsp3) is 0. The topological polar surface area (TPSA) is 101 Å². The van der Waals surface area contributed by atoms with Crippen LogP contribution >= 0.6 is 15.9 Å². The Balaban J connectivity index is 2.08. The van der Waals surface area contributed by atoms with Gasteiger partial charge < -0.3 is 0 Å². The summed E-state index contributed by atoms with van der Waals surface area (Å²) in [7, 11) is 0. The largest absolute Gasteiger partial charge is 0.284 e. The Morgan fingerprint density at radius 2 is 1.74 bits per heavy atom. The summed E-state index contributed by atoms with van der Waals surface area (Å²) in [5, 5.41) is 10.8. The van der Waals surface area contributed by atoms with Crippen molar-refractivity contribution in [3.8, 4) is 0 Å². The van der Waals surface area contributed by atoms with Gasteiger partial charge in [0.25, 0.3) is 17.5 Å². The lowest BCUT2D eigenvalue weighted by atomic mass is 10.2. The van der Waals surface area contributed by atoms with Crippen LogP contribution < -0.4 is 10.9 Å². The molecule has 0 spiro atoms. The summed E-state index contributed by atoms with van der Waals surface area (Å²) in [4.78, 5) is 33.8. The Hall–Kier alpha value is -2.81. The van der Waals surface area contributed by atoms with Crippen LogP contribution in [0.5, 0.6) is 0 Å². The van der Waals surface area contributed by atoms with Crippen LogP contribution in [0.2, 0.25) is 0 Å². The molecule has 9 heteroatoms. The maximum absolute atomic E-state index is 13.4. The van der Waals surface area contributed by atoms with Gasteiger partial charge in [0, 0.05) is 11.6 Å². The fourth-order valence-corrected chi connectivity index (χ4v) is 2.08. The summed E-state index contributed by atoms with van der Waals surface area (Å²) in [5.74, 6) is -2.35. The molecule has 7 nitrogen and oxygen atoms in total. The number of halogens is 2. The lowest BCUT2D eigenvalue weighted by molar-refractivity contribution is -0.385. The van der Waals surface area contributed by atoms with Crippen LogP contribution in [0.1, 0.15) is 20.7 Å². The second-order valence-corrected chi connectivity index (χ2v) is 5.17. The number of nitro groups is 1. The van der Waals surface area contributed by atoms with E-state index in [1.165, 1.54) is 30.3 Å². The number of hydrogen-bond donors (Lipinski definition) is 2. The smallest absolute Gasteiger partial charge is 0.267 e. The Labute approximate surface area is 137 Å². The average Bonchev–Trinajstić information content (AvgIpc) is 2.52. The van der Waals surface area contributed by atoms with Crippen molar-refractivity contribution in [3.05, 3.63) is 74.0 Å². The number of hydrogen-bond acceptors (Lipinski definition) is 4. The van der Waals surface area contributed by atoms with Gasteiger partial charge in [0.2, 0.25) is 0 Å². The number of hydrazine groups is 1. The minimum absolute atomic E-state index is 0.0336. The summed E-state index contributed by atoms with van der Waals surface area (Å²) >= 11 is 3.00. The summed E-state index contributed by atoms with van der Waals surface area (Å²) in [5.41, 5.74) is 3.54. The SMILES string of the molecule is O=C(NNC(=O)c1ccccc1F)c1ccc(Br)c([N+](=O)[O-])c1. The summed E-state index contributed by atoms with van der Waals surface area (Å²) in [6.45, 7) is 0. The first-order valence-electron chi connectivity index (χ1n) is 6.19. The minimum Gasteiger partial charge on any atom is -0.267 e. The number of carbonyl (C=O) groups is 2. The molecule has 0 saturated heterocycles. The Kier molecular flexibility index (Phi) is 5.02. The minimum atomic E-state index is -0.844. The van der Waals surface area contributed by atoms with Crippen LogP contribution in [0, 0.1) is 15.9 Å². The van der Waals surface area contributed by atoms with Gasteiger partial charge in [-0.15, -0.1) is 0 Å². The number of amides is 2. The molecule has 0 atom stereocenters. The number of nitro benzene ring substituents is 1. The van der Waals surface area contributed by atoms with Crippen LogP contribution in [-0.4, -0.2) is 16.7 Å². The van der Waals surface area contributed by atoms with Crippen LogP contribution in [0.25, 0.3) is 0 Å². The summed E-state index contributed by atoms with van der Waals surface area (Å²) in [6, 6.07) is 8.97. The molecular weight excluding hydrogens is 373 g/mol. The Morgan fingerprint density at radius 1 is 1.09 bits per heavy atom. The second-order valence-electron chi connectivity index (χ2n) is 4.31. The van der Waals surface area contributed by atoms with Crippen molar-refractivity contribution in [3.63, 3.8) is 0 Å². The van der Waals surface area contributed by atoms with E-state index in [0.29, 0.717) is 0 Å². The number of carbonyl (C=O) groups excluding carboxylic acids is 2. The number of nitrogens with one attached hydrogen (secondary N) is 2. The van der Waals surface area contributed by atoms with Gasteiger partial charge in [-0.2, -0.15) is 0 Å². The zero-order chi connectivity index (χ0) is 17.0. The zero-order valence-electron chi connectivity index (χ0n) is 11.4. The monoisotopic (exact) mass is 381 g/mol. The van der Waals surface area contributed by atoms with Crippen molar-refractivity contribution in [1.82, 2.24) is 10.9 Å². The summed E-state index contributed by atoms with van der Waals surface area (Å²) in [6.07, 6.45) is 0. The summed E-state index contributed by atoms with van der Waals surface area (Å²) < 4.78 is 13.6. The van der Waals surface area contributed by atoms with Gasteiger partial charge in [-0.3, -0.25) is 30.6 Å². The fourth-order valence-electron chi connectivity index (χ4n) is 1.69. The van der Waals surface area contributed by atoms with Gasteiger partial charge >= 0.3 is 0 Å². The molecule has 0 radical (unpaired) electrons. The van der Waals surface area contributed by atoms with Gasteiger partial charge in [0.1, 0.15) is 5.82 Å². The second kappa shape index (κ2) is 6.97. The van der Waals surface area contributed by atoms with Crippen LogP contribution in [-0.2, 0) is 0 Å². The molecule has 2 N–H and O–H groups in total. The molecule has 0 fully saturated rings. The normalized spacial score (nSPS) is 10.0. The molecule has 23 heavy (non-hydrogen) atoms. The maximum atomic E-state index is 13.4. The van der Waals surface area contributed by atoms with Crippen molar-refractivity contribution in [2.24, 2.45) is 0 Å². The van der Waals surface area contributed by atoms with E-state index in [-0.39, 0.29) is 21.3 Å². The average molecular weight is 382 g/mol. The molecule has 0 aromatic heterocycles. The molecular formula is C14H9BrFN3O4. The van der Waals surface area contributed by atoms with E-state index in [1.807, 2.05) is 5.43 Å². The molecule has 2 amide bonds. The first kappa shape index (κ1) is 16.6. The zero-order valence-corrected chi connectivity index (χ0v) is 13.0. The Bertz CT molecular complexity index is 797. The first-order chi connectivity index (χ1) is 10.9. The third-order valence-electron chi connectivity index (χ3n) is 2.81. The van der Waals surface area contributed by atoms with E-state index in [1.54, 1.807) is 0 Å². The molecule has 0 saturated carbocycles. The third kappa shape index (κ3) is 3.89. The quantitative estimate of drug-likeness (QED) is 0.629. The molecule has 0 aliphatic carbocycles. The number of nitrogens with zero attached hydrogens (tertiary/aromatic N) is 1. The van der Waals surface area contributed by atoms with Gasteiger partial charge in [-0.1, -0.05) is 12.1 Å². The van der Waals surface area contributed by atoms with E-state index in [9.17, 15) is 24.1 Å². The van der Waals surface area contributed by atoms with Crippen molar-refractivity contribution >= 4 is 33.4 Å². The molecule has 2 aromatic rings. The van der Waals surface area contributed by atoms with Gasteiger partial charge in [-0.05, 0) is 40.2 Å². The van der Waals surface area contributed by atoms with Crippen LogP contribution in [0.3, 0.4) is 0 Å². The van der Waals surface area contributed by atoms with Gasteiger partial charge in [0.15, 0.2) is 0 Å². The van der Waals surface area contributed by atoms with Crippen molar-refractivity contribution in [2.45, 2.75) is 0 Å². The highest BCUT2D eigenvalue weighted by Gasteiger charge is 2.17. The van der Waals surface area contributed by atoms with E-state index in [4.69, 9.17) is 0 Å². The predicted octanol–water partition coefficient (Wildman–Crippen LogP) is 2.57. The van der Waals surface area contributed by atoms with Crippen molar-refractivity contribution in [1.29, 1.82) is 0 Å². The van der Waals surface area contributed by atoms with Crippen molar-refractivity contribution in [2.75, 3.05) is 0 Å². The predicted molar refractivity (Wildman–Crippen MR) is 82.1 cm³/mol. The lowest BCUT2D eigenvalue weighted by Gasteiger charge is -2.08. The van der Waals surface area contributed by atoms with Crippen molar-refractivity contribution < 1.29 is 18.9 Å². The van der Waals surface area contributed by atoms with Crippen LogP contribution in [0.15, 0.2) is 46.9 Å². The number of benzene rings is 2. The first-order valence-corrected chi connectivity index (χ1v) is 6.98. The Morgan fingerprint density at radius 3 is 2.39 bits per heavy atom. The lowest BCUT2D eigenvalue weighted by Crippen LogP contribution is -2.41. The molecule has 118 valence electrons.